The van der Waals surface area contributed by atoms with Crippen molar-refractivity contribution in [1.29, 1.82) is 0 Å². The van der Waals surface area contributed by atoms with Crippen LogP contribution in [-0.4, -0.2) is 6.21 Å². The predicted molar refractivity (Wildman–Crippen MR) is 79.6 cm³/mol. The third-order valence-corrected chi connectivity index (χ3v) is 2.63. The summed E-state index contributed by atoms with van der Waals surface area (Å²) in [5, 5.41) is 0. The van der Waals surface area contributed by atoms with Crippen LogP contribution in [0.5, 0.6) is 0 Å². The van der Waals surface area contributed by atoms with Gasteiger partial charge in [0.1, 0.15) is 0 Å². The van der Waals surface area contributed by atoms with Gasteiger partial charge in [0.15, 0.2) is 0 Å². The van der Waals surface area contributed by atoms with Crippen molar-refractivity contribution in [2.75, 3.05) is 0 Å². The molecule has 1 nitrogen and oxygen atoms in total. The molecule has 0 unspecified atom stereocenters. The molecule has 0 atom stereocenters. The molecule has 0 rings (SSSR count). The second-order valence-corrected chi connectivity index (χ2v) is 4.21. The fraction of sp³-hybridized carbons (Fsp3) is 0.562. The van der Waals surface area contributed by atoms with Crippen molar-refractivity contribution in [1.82, 2.24) is 0 Å². The molecule has 0 amide bonds. The highest BCUT2D eigenvalue weighted by Gasteiger charge is 1.93. The van der Waals surface area contributed by atoms with Crippen LogP contribution in [0, 0.1) is 0 Å². The molecule has 96 valence electrons. The summed E-state index contributed by atoms with van der Waals surface area (Å²) in [6.07, 6.45) is 16.6. The van der Waals surface area contributed by atoms with Crippen LogP contribution in [0.1, 0.15) is 59.8 Å². The van der Waals surface area contributed by atoms with E-state index in [1.54, 1.807) is 0 Å². The Morgan fingerprint density at radius 2 is 1.88 bits per heavy atom. The van der Waals surface area contributed by atoms with E-state index in [1.807, 2.05) is 19.9 Å². The quantitative estimate of drug-likeness (QED) is 0.300. The molecule has 0 radical (unpaired) electrons. The fourth-order valence-electron chi connectivity index (χ4n) is 1.56. The molecule has 0 N–H and O–H groups in total. The van der Waals surface area contributed by atoms with E-state index in [0.717, 1.165) is 12.1 Å². The fourth-order valence-corrected chi connectivity index (χ4v) is 1.56. The zero-order valence-corrected chi connectivity index (χ0v) is 11.9. The SMILES string of the molecule is C\C=C/C=C(C)/C(=C/C)N=CCCCCCC. The maximum absolute atomic E-state index is 4.53. The summed E-state index contributed by atoms with van der Waals surface area (Å²) in [6.45, 7) is 8.40. The van der Waals surface area contributed by atoms with Crippen LogP contribution in [0.3, 0.4) is 0 Å². The zero-order valence-electron chi connectivity index (χ0n) is 11.9. The number of hydrogen-bond donors (Lipinski definition) is 0. The minimum absolute atomic E-state index is 1.08. The Kier molecular flexibility index (Phi) is 10.6. The van der Waals surface area contributed by atoms with E-state index in [2.05, 4.69) is 43.3 Å². The van der Waals surface area contributed by atoms with E-state index >= 15 is 0 Å². The Balaban J connectivity index is 4.09. The average molecular weight is 233 g/mol. The van der Waals surface area contributed by atoms with Crippen molar-refractivity contribution in [2.24, 2.45) is 4.99 Å². The summed E-state index contributed by atoms with van der Waals surface area (Å²) in [7, 11) is 0. The molecular weight excluding hydrogens is 206 g/mol. The second-order valence-electron chi connectivity index (χ2n) is 4.21. The van der Waals surface area contributed by atoms with Crippen molar-refractivity contribution in [3.05, 3.63) is 35.6 Å². The molecule has 0 saturated heterocycles. The molecule has 17 heavy (non-hydrogen) atoms. The first kappa shape index (κ1) is 15.9. The number of aliphatic imine (C=N–C) groups is 1. The van der Waals surface area contributed by atoms with E-state index in [1.165, 1.54) is 31.3 Å². The number of nitrogens with zero attached hydrogens (tertiary/aromatic N) is 1. The van der Waals surface area contributed by atoms with Crippen LogP contribution in [0.15, 0.2) is 40.6 Å². The van der Waals surface area contributed by atoms with Crippen molar-refractivity contribution in [3.8, 4) is 0 Å². The van der Waals surface area contributed by atoms with Gasteiger partial charge in [-0.05, 0) is 39.2 Å². The normalized spacial score (nSPS) is 14.1. The van der Waals surface area contributed by atoms with Gasteiger partial charge in [0.05, 0.1) is 5.70 Å². The monoisotopic (exact) mass is 233 g/mol. The van der Waals surface area contributed by atoms with Gasteiger partial charge >= 0.3 is 0 Å². The molecule has 0 aliphatic carbocycles. The standard InChI is InChI=1S/C16H27N/c1-5-8-10-11-12-14-17-16(7-3)15(4)13-9-6-2/h6-7,9,13-14H,5,8,10-12H2,1-4H3/b9-6-,15-13+,16-7-,17-14?. The van der Waals surface area contributed by atoms with Crippen molar-refractivity contribution in [2.45, 2.75) is 59.8 Å². The summed E-state index contributed by atoms with van der Waals surface area (Å²) < 4.78 is 0. The summed E-state index contributed by atoms with van der Waals surface area (Å²) in [6, 6.07) is 0. The topological polar surface area (TPSA) is 12.4 Å². The molecule has 0 aromatic carbocycles. The summed E-state index contributed by atoms with van der Waals surface area (Å²) in [5.74, 6) is 0. The zero-order chi connectivity index (χ0) is 12.9. The lowest BCUT2D eigenvalue weighted by Crippen LogP contribution is -1.84. The third-order valence-electron chi connectivity index (χ3n) is 2.63. The first-order chi connectivity index (χ1) is 8.26. The summed E-state index contributed by atoms with van der Waals surface area (Å²) in [4.78, 5) is 4.53. The lowest BCUT2D eigenvalue weighted by Gasteiger charge is -2.00. The minimum atomic E-state index is 1.08. The summed E-state index contributed by atoms with van der Waals surface area (Å²) in [5.41, 5.74) is 2.30. The van der Waals surface area contributed by atoms with Crippen LogP contribution >= 0.6 is 0 Å². The first-order valence-electron chi connectivity index (χ1n) is 6.75. The van der Waals surface area contributed by atoms with Crippen LogP contribution in [0.25, 0.3) is 0 Å². The van der Waals surface area contributed by atoms with Gasteiger partial charge in [0.25, 0.3) is 0 Å². The first-order valence-corrected chi connectivity index (χ1v) is 6.75. The predicted octanol–water partition coefficient (Wildman–Crippen LogP) is 5.45. The van der Waals surface area contributed by atoms with Crippen LogP contribution < -0.4 is 0 Å². The maximum atomic E-state index is 4.53. The minimum Gasteiger partial charge on any atom is -0.261 e. The van der Waals surface area contributed by atoms with E-state index in [0.29, 0.717) is 0 Å². The lowest BCUT2D eigenvalue weighted by atomic mass is 10.1. The molecule has 0 fully saturated rings. The highest BCUT2D eigenvalue weighted by atomic mass is 14.7. The molecule has 1 heteroatoms. The molecular formula is C16H27N. The van der Waals surface area contributed by atoms with Gasteiger partial charge in [0, 0.05) is 6.21 Å². The van der Waals surface area contributed by atoms with Gasteiger partial charge in [-0.3, -0.25) is 4.99 Å². The van der Waals surface area contributed by atoms with E-state index in [-0.39, 0.29) is 0 Å². The number of rotatable bonds is 8. The van der Waals surface area contributed by atoms with Gasteiger partial charge in [0.2, 0.25) is 0 Å². The largest absolute Gasteiger partial charge is 0.261 e. The average Bonchev–Trinajstić information content (AvgIpc) is 2.35. The van der Waals surface area contributed by atoms with E-state index in [9.17, 15) is 0 Å². The van der Waals surface area contributed by atoms with E-state index in [4.69, 9.17) is 0 Å². The van der Waals surface area contributed by atoms with Crippen LogP contribution in [0.4, 0.5) is 0 Å². The van der Waals surface area contributed by atoms with Gasteiger partial charge in [-0.2, -0.15) is 0 Å². The van der Waals surface area contributed by atoms with Crippen LogP contribution in [-0.2, 0) is 0 Å². The van der Waals surface area contributed by atoms with Crippen molar-refractivity contribution >= 4 is 6.21 Å². The van der Waals surface area contributed by atoms with Crippen LogP contribution in [0.2, 0.25) is 0 Å². The van der Waals surface area contributed by atoms with Gasteiger partial charge in [-0.15, -0.1) is 0 Å². The molecule has 0 saturated carbocycles. The van der Waals surface area contributed by atoms with Gasteiger partial charge < -0.3 is 0 Å². The van der Waals surface area contributed by atoms with E-state index < -0.39 is 0 Å². The Morgan fingerprint density at radius 3 is 2.47 bits per heavy atom. The Morgan fingerprint density at radius 1 is 1.12 bits per heavy atom. The molecule has 0 heterocycles. The van der Waals surface area contributed by atoms with Crippen molar-refractivity contribution < 1.29 is 0 Å². The van der Waals surface area contributed by atoms with Gasteiger partial charge in [-0.1, -0.05) is 50.5 Å². The molecule has 0 aliphatic rings. The third kappa shape index (κ3) is 8.67. The summed E-state index contributed by atoms with van der Waals surface area (Å²) >= 11 is 0. The van der Waals surface area contributed by atoms with Gasteiger partial charge in [-0.25, -0.2) is 0 Å². The number of unbranched alkanes of at least 4 members (excludes halogenated alkanes) is 4. The molecule has 0 aromatic rings. The second kappa shape index (κ2) is 11.4. The highest BCUT2D eigenvalue weighted by Crippen LogP contribution is 2.11. The molecule has 0 bridgehead atoms. The smallest absolute Gasteiger partial charge is 0.0612 e. The Hall–Kier alpha value is -1.11. The maximum Gasteiger partial charge on any atom is 0.0612 e. The number of allylic oxidation sites excluding steroid dienone is 5. The molecule has 0 spiro atoms. The Bertz CT molecular complexity index is 293. The Labute approximate surface area is 107 Å². The highest BCUT2D eigenvalue weighted by molar-refractivity contribution is 5.60. The lowest BCUT2D eigenvalue weighted by molar-refractivity contribution is 0.685. The van der Waals surface area contributed by atoms with Crippen molar-refractivity contribution in [3.63, 3.8) is 0 Å². The molecule has 0 aliphatic heterocycles. The molecule has 0 aromatic heterocycles. The number of hydrogen-bond acceptors (Lipinski definition) is 1.